The van der Waals surface area contributed by atoms with E-state index in [2.05, 4.69) is 5.92 Å². The van der Waals surface area contributed by atoms with Gasteiger partial charge in [-0.1, -0.05) is 24.1 Å². The van der Waals surface area contributed by atoms with E-state index >= 15 is 0 Å². The number of anilines is 1. The molecule has 0 aliphatic carbocycles. The summed E-state index contributed by atoms with van der Waals surface area (Å²) in [5.41, 5.74) is 6.86. The second kappa shape index (κ2) is 2.89. The fourth-order valence-corrected chi connectivity index (χ4v) is 0.802. The Hall–Kier alpha value is -1.75. The number of rotatable bonds is 1. The van der Waals surface area contributed by atoms with Crippen LogP contribution in [0, 0.1) is 17.8 Å². The number of nitrogen functional groups attached to an aromatic ring is 1. The Balaban J connectivity index is 3.16. The molecule has 54 valence electrons. The number of terminal acetylenes is 1. The van der Waals surface area contributed by atoms with Crippen LogP contribution in [-0.2, 0) is 0 Å². The lowest BCUT2D eigenvalue weighted by molar-refractivity contribution is 1.50. The first-order chi connectivity index (χ1) is 5.25. The van der Waals surface area contributed by atoms with E-state index in [1.165, 1.54) is 0 Å². The van der Waals surface area contributed by atoms with E-state index in [0.717, 1.165) is 0 Å². The topological polar surface area (TPSA) is 49.9 Å². The Morgan fingerprint density at radius 1 is 1.45 bits per heavy atom. The molecule has 0 spiro atoms. The summed E-state index contributed by atoms with van der Waals surface area (Å²) in [5, 5.41) is 7.30. The molecule has 2 heteroatoms. The van der Waals surface area contributed by atoms with Crippen LogP contribution in [0.2, 0.25) is 0 Å². The molecule has 1 aromatic carbocycles. The average molecular weight is 144 g/mol. The molecule has 0 unspecified atom stereocenters. The van der Waals surface area contributed by atoms with E-state index in [-0.39, 0.29) is 5.71 Å². The predicted octanol–water partition coefficient (Wildman–Crippen LogP) is 1.27. The first-order valence-electron chi connectivity index (χ1n) is 3.15. The monoisotopic (exact) mass is 144 g/mol. The van der Waals surface area contributed by atoms with E-state index in [9.17, 15) is 0 Å². The highest BCUT2D eigenvalue weighted by Gasteiger charge is 1.99. The molecule has 0 saturated carbocycles. The van der Waals surface area contributed by atoms with E-state index in [0.29, 0.717) is 11.3 Å². The van der Waals surface area contributed by atoms with Crippen LogP contribution in [-0.4, -0.2) is 5.71 Å². The molecule has 0 aromatic heterocycles. The van der Waals surface area contributed by atoms with Crippen molar-refractivity contribution in [2.75, 3.05) is 5.73 Å². The summed E-state index contributed by atoms with van der Waals surface area (Å²) >= 11 is 0. The second-order valence-electron chi connectivity index (χ2n) is 2.11. The Labute approximate surface area is 65.6 Å². The molecule has 0 amide bonds. The molecule has 0 bridgehead atoms. The second-order valence-corrected chi connectivity index (χ2v) is 2.11. The Bertz CT molecular complexity index is 321. The first-order valence-corrected chi connectivity index (χ1v) is 3.15. The number of hydrogen-bond acceptors (Lipinski definition) is 2. The van der Waals surface area contributed by atoms with Crippen LogP contribution < -0.4 is 5.73 Å². The fourth-order valence-electron chi connectivity index (χ4n) is 0.802. The number of benzene rings is 1. The smallest absolute Gasteiger partial charge is 0.113 e. The van der Waals surface area contributed by atoms with Crippen LogP contribution in [0.4, 0.5) is 5.69 Å². The maximum Gasteiger partial charge on any atom is 0.113 e. The summed E-state index contributed by atoms with van der Waals surface area (Å²) < 4.78 is 0. The van der Waals surface area contributed by atoms with E-state index in [1.54, 1.807) is 18.2 Å². The fraction of sp³-hybridized carbons (Fsp3) is 0. The summed E-state index contributed by atoms with van der Waals surface area (Å²) in [6.45, 7) is 0. The van der Waals surface area contributed by atoms with Gasteiger partial charge < -0.3 is 5.73 Å². The van der Waals surface area contributed by atoms with Crippen molar-refractivity contribution in [2.24, 2.45) is 0 Å². The maximum atomic E-state index is 7.30. The predicted molar refractivity (Wildman–Crippen MR) is 46.5 cm³/mol. The van der Waals surface area contributed by atoms with Gasteiger partial charge in [-0.05, 0) is 6.07 Å². The molecule has 1 rings (SSSR count). The summed E-state index contributed by atoms with van der Waals surface area (Å²) in [6.07, 6.45) is 5.04. The van der Waals surface area contributed by atoms with Gasteiger partial charge in [0.1, 0.15) is 5.71 Å². The largest absolute Gasteiger partial charge is 0.398 e. The molecule has 2 nitrogen and oxygen atoms in total. The van der Waals surface area contributed by atoms with E-state index < -0.39 is 0 Å². The summed E-state index contributed by atoms with van der Waals surface area (Å²) in [6, 6.07) is 7.07. The molecule has 0 aliphatic rings. The van der Waals surface area contributed by atoms with Crippen molar-refractivity contribution in [2.45, 2.75) is 0 Å². The minimum absolute atomic E-state index is 0.128. The summed E-state index contributed by atoms with van der Waals surface area (Å²) in [4.78, 5) is 0. The highest BCUT2D eigenvalue weighted by atomic mass is 14.6. The third-order valence-corrected chi connectivity index (χ3v) is 1.37. The molecular formula is C9H8N2. The standard InChI is InChI=1S/C9H8N2/c1-2-8(10)7-5-3-4-6-9(7)11/h1,3-6,10H,11H2. The van der Waals surface area contributed by atoms with Crippen LogP contribution in [0.5, 0.6) is 0 Å². The zero-order valence-electron chi connectivity index (χ0n) is 5.96. The van der Waals surface area contributed by atoms with Crippen LogP contribution in [0.15, 0.2) is 24.3 Å². The molecule has 1 aromatic rings. The molecule has 3 N–H and O–H groups in total. The molecule has 0 atom stereocenters. The SMILES string of the molecule is C#CC(=N)c1ccccc1N. The Morgan fingerprint density at radius 2 is 2.09 bits per heavy atom. The molecule has 0 saturated heterocycles. The van der Waals surface area contributed by atoms with Crippen molar-refractivity contribution in [3.05, 3.63) is 29.8 Å². The highest BCUT2D eigenvalue weighted by molar-refractivity contribution is 6.13. The lowest BCUT2D eigenvalue weighted by Crippen LogP contribution is -1.99. The van der Waals surface area contributed by atoms with Gasteiger partial charge in [0, 0.05) is 11.3 Å². The van der Waals surface area contributed by atoms with E-state index in [1.807, 2.05) is 6.07 Å². The van der Waals surface area contributed by atoms with Crippen LogP contribution in [0.3, 0.4) is 0 Å². The van der Waals surface area contributed by atoms with Gasteiger partial charge in [0.2, 0.25) is 0 Å². The van der Waals surface area contributed by atoms with Gasteiger partial charge in [0.15, 0.2) is 0 Å². The average Bonchev–Trinajstić information content (AvgIpc) is 2.04. The Kier molecular flexibility index (Phi) is 1.93. The van der Waals surface area contributed by atoms with Gasteiger partial charge in [-0.3, -0.25) is 5.41 Å². The Morgan fingerprint density at radius 3 is 2.64 bits per heavy atom. The zero-order chi connectivity index (χ0) is 8.27. The third kappa shape index (κ3) is 1.39. The number of hydrogen-bond donors (Lipinski definition) is 2. The minimum atomic E-state index is 0.128. The summed E-state index contributed by atoms with van der Waals surface area (Å²) in [7, 11) is 0. The summed E-state index contributed by atoms with van der Waals surface area (Å²) in [5.74, 6) is 2.23. The van der Waals surface area contributed by atoms with Crippen LogP contribution in [0.25, 0.3) is 0 Å². The molecule has 11 heavy (non-hydrogen) atoms. The molecule has 0 radical (unpaired) electrons. The quantitative estimate of drug-likeness (QED) is 0.348. The van der Waals surface area contributed by atoms with Crippen molar-refractivity contribution in [1.82, 2.24) is 0 Å². The van der Waals surface area contributed by atoms with Crippen molar-refractivity contribution < 1.29 is 0 Å². The number of nitrogens with one attached hydrogen (secondary N) is 1. The van der Waals surface area contributed by atoms with Crippen molar-refractivity contribution in [3.63, 3.8) is 0 Å². The lowest BCUT2D eigenvalue weighted by Gasteiger charge is -1.99. The number of para-hydroxylation sites is 1. The van der Waals surface area contributed by atoms with Gasteiger partial charge in [0.05, 0.1) is 0 Å². The van der Waals surface area contributed by atoms with Crippen LogP contribution in [0.1, 0.15) is 5.56 Å². The lowest BCUT2D eigenvalue weighted by atomic mass is 10.1. The maximum absolute atomic E-state index is 7.30. The van der Waals surface area contributed by atoms with Gasteiger partial charge in [-0.2, -0.15) is 0 Å². The number of nitrogens with two attached hydrogens (primary N) is 1. The van der Waals surface area contributed by atoms with E-state index in [4.69, 9.17) is 17.6 Å². The first kappa shape index (κ1) is 7.36. The van der Waals surface area contributed by atoms with Crippen molar-refractivity contribution in [3.8, 4) is 12.3 Å². The zero-order valence-corrected chi connectivity index (χ0v) is 5.96. The normalized spacial score (nSPS) is 8.64. The minimum Gasteiger partial charge on any atom is -0.398 e. The molecule has 0 aliphatic heterocycles. The van der Waals surface area contributed by atoms with Gasteiger partial charge in [-0.15, -0.1) is 6.42 Å². The highest BCUT2D eigenvalue weighted by Crippen LogP contribution is 2.09. The van der Waals surface area contributed by atoms with Crippen molar-refractivity contribution >= 4 is 11.4 Å². The molecule has 0 heterocycles. The van der Waals surface area contributed by atoms with Crippen molar-refractivity contribution in [1.29, 1.82) is 5.41 Å². The van der Waals surface area contributed by atoms with Gasteiger partial charge >= 0.3 is 0 Å². The van der Waals surface area contributed by atoms with Gasteiger partial charge in [-0.25, -0.2) is 0 Å². The molecular weight excluding hydrogens is 136 g/mol. The van der Waals surface area contributed by atoms with Gasteiger partial charge in [0.25, 0.3) is 0 Å². The third-order valence-electron chi connectivity index (χ3n) is 1.37. The molecule has 0 fully saturated rings. The van der Waals surface area contributed by atoms with Crippen LogP contribution >= 0.6 is 0 Å².